The molecule has 0 bridgehead atoms. The van der Waals surface area contributed by atoms with Crippen molar-refractivity contribution >= 4 is 19.8 Å². The summed E-state index contributed by atoms with van der Waals surface area (Å²) >= 11 is 0. The first kappa shape index (κ1) is 37.2. The van der Waals surface area contributed by atoms with Gasteiger partial charge in [0.05, 0.1) is 17.8 Å². The van der Waals surface area contributed by atoms with E-state index in [4.69, 9.17) is 28.8 Å². The van der Waals surface area contributed by atoms with Crippen LogP contribution < -0.4 is 10.6 Å². The average molecular weight is 704 g/mol. The molecule has 2 amide bonds. The monoisotopic (exact) mass is 703 g/mol. The molecule has 1 aromatic heterocycles. The van der Waals surface area contributed by atoms with Crippen LogP contribution in [0.5, 0.6) is 0 Å². The highest BCUT2D eigenvalue weighted by atomic mass is 31.2. The number of carbonyl (C=O) groups excluding carboxylic acids is 1. The Labute approximate surface area is 279 Å². The second-order valence-electron chi connectivity index (χ2n) is 10.5. The lowest BCUT2D eigenvalue weighted by molar-refractivity contribution is -0.294. The van der Waals surface area contributed by atoms with Gasteiger partial charge in [-0.1, -0.05) is 91.0 Å². The highest BCUT2D eigenvalue weighted by Gasteiger charge is 2.40. The number of aromatic nitrogens is 1. The van der Waals surface area contributed by atoms with Gasteiger partial charge >= 0.3 is 20.3 Å². The zero-order chi connectivity index (χ0) is 35.2. The van der Waals surface area contributed by atoms with E-state index in [1.807, 2.05) is 5.32 Å². The first-order valence-corrected chi connectivity index (χ1v) is 16.2. The number of benzene rings is 3. The lowest BCUT2D eigenvalue weighted by Gasteiger charge is -2.28. The van der Waals surface area contributed by atoms with Crippen LogP contribution >= 0.6 is 7.82 Å². The van der Waals surface area contributed by atoms with Crippen LogP contribution in [0.25, 0.3) is 11.1 Å². The molecule has 260 valence electrons. The minimum absolute atomic E-state index is 0.0865. The van der Waals surface area contributed by atoms with Crippen LogP contribution in [-0.4, -0.2) is 41.2 Å². The van der Waals surface area contributed by atoms with Crippen LogP contribution in [0.1, 0.15) is 41.5 Å². The second kappa shape index (κ2) is 18.2. The Hall–Kier alpha value is -4.63. The maximum atomic E-state index is 14.4. The largest absolute Gasteiger partial charge is 0.530 e. The van der Waals surface area contributed by atoms with Gasteiger partial charge in [0.1, 0.15) is 26.0 Å². The summed E-state index contributed by atoms with van der Waals surface area (Å²) in [5.74, 6) is -1.79. The van der Waals surface area contributed by atoms with E-state index in [2.05, 4.69) is 10.3 Å². The van der Waals surface area contributed by atoms with Crippen LogP contribution in [0.4, 0.5) is 18.0 Å². The molecule has 0 aliphatic carbocycles. The summed E-state index contributed by atoms with van der Waals surface area (Å²) in [6.07, 6.45) is -4.90. The fraction of sp³-hybridized carbons (Fsp3) is 0.242. The smallest absolute Gasteiger partial charge is 0.465 e. The molecular weight excluding hydrogens is 670 g/mol. The van der Waals surface area contributed by atoms with Gasteiger partial charge in [-0.25, -0.2) is 23.5 Å². The highest BCUT2D eigenvalue weighted by Crippen LogP contribution is 2.54. The molecule has 3 atom stereocenters. The molecule has 16 heteroatoms. The third-order valence-electron chi connectivity index (χ3n) is 6.87. The standard InChI is InChI=1S/C33H33F3N3O9P/c1-22(38-33(41)42)28-17-16-27(19-37-28)25-12-14-26(15-13-25)30(29(18-34)39-32(40)31(35)36)46-49(43,47-44-20-23-8-4-2-5-9-23)48-45-21-24-10-6-3-7-11-24/h2-17,19,22,29-31,38H,18,20-21H2,1H3,(H,39,40)(H,41,42)/t22?,29-,30-/m1/s1. The molecule has 1 heterocycles. The quantitative estimate of drug-likeness (QED) is 0.0548. The fourth-order valence-electron chi connectivity index (χ4n) is 4.42. The SMILES string of the molecule is CC(NC(=O)O)c1ccc(-c2ccc([C@@H](OP(=O)(OOCc3ccccc3)OOCc3ccccc3)[C@@H](CF)NC(=O)C(F)F)cc2)cn1. The Morgan fingerprint density at radius 1 is 0.816 bits per heavy atom. The summed E-state index contributed by atoms with van der Waals surface area (Å²) in [4.78, 5) is 37.5. The Bertz CT molecular complexity index is 1620. The van der Waals surface area contributed by atoms with Crippen molar-refractivity contribution in [2.24, 2.45) is 0 Å². The van der Waals surface area contributed by atoms with E-state index < -0.39 is 51.1 Å². The van der Waals surface area contributed by atoms with Crippen LogP contribution in [0, 0.1) is 0 Å². The number of rotatable bonds is 18. The van der Waals surface area contributed by atoms with Crippen molar-refractivity contribution in [2.45, 2.75) is 44.8 Å². The summed E-state index contributed by atoms with van der Waals surface area (Å²) < 4.78 is 70.6. The predicted molar refractivity (Wildman–Crippen MR) is 169 cm³/mol. The average Bonchev–Trinajstić information content (AvgIpc) is 3.10. The molecule has 3 aromatic carbocycles. The van der Waals surface area contributed by atoms with Crippen molar-refractivity contribution in [3.8, 4) is 11.1 Å². The molecule has 0 spiro atoms. The second-order valence-corrected chi connectivity index (χ2v) is 11.9. The number of hydrogen-bond donors (Lipinski definition) is 3. The van der Waals surface area contributed by atoms with E-state index in [9.17, 15) is 27.3 Å². The van der Waals surface area contributed by atoms with Gasteiger partial charge in [0.15, 0.2) is 0 Å². The van der Waals surface area contributed by atoms with Crippen LogP contribution in [0.2, 0.25) is 0 Å². The third kappa shape index (κ3) is 11.5. The van der Waals surface area contributed by atoms with Gasteiger partial charge in [-0.3, -0.25) is 14.3 Å². The summed E-state index contributed by atoms with van der Waals surface area (Å²) in [7, 11) is -4.95. The van der Waals surface area contributed by atoms with E-state index in [1.54, 1.807) is 91.9 Å². The molecule has 3 N–H and O–H groups in total. The molecule has 1 unspecified atom stereocenters. The molecule has 4 rings (SSSR count). The van der Waals surface area contributed by atoms with Gasteiger partial charge in [0, 0.05) is 11.8 Å². The van der Waals surface area contributed by atoms with Crippen LogP contribution in [0.3, 0.4) is 0 Å². The number of nitrogens with zero attached hydrogens (tertiary/aromatic N) is 1. The molecule has 0 radical (unpaired) electrons. The zero-order valence-electron chi connectivity index (χ0n) is 26.0. The van der Waals surface area contributed by atoms with E-state index in [1.165, 1.54) is 18.3 Å². The predicted octanol–water partition coefficient (Wildman–Crippen LogP) is 7.26. The molecule has 12 nitrogen and oxygen atoms in total. The Morgan fingerprint density at radius 3 is 1.84 bits per heavy atom. The maximum Gasteiger partial charge on any atom is 0.530 e. The minimum atomic E-state index is -4.95. The number of phosphoric acid groups is 1. The van der Waals surface area contributed by atoms with Gasteiger partial charge < -0.3 is 15.7 Å². The number of nitrogens with one attached hydrogen (secondary N) is 2. The van der Waals surface area contributed by atoms with Gasteiger partial charge in [0.2, 0.25) is 0 Å². The third-order valence-corrected chi connectivity index (χ3v) is 7.93. The molecular formula is C33H33F3N3O9P. The van der Waals surface area contributed by atoms with E-state index in [0.29, 0.717) is 27.9 Å². The van der Waals surface area contributed by atoms with Crippen molar-refractivity contribution in [1.82, 2.24) is 15.6 Å². The first-order valence-electron chi connectivity index (χ1n) is 14.8. The Balaban J connectivity index is 1.60. The van der Waals surface area contributed by atoms with Gasteiger partial charge in [0.25, 0.3) is 5.91 Å². The summed E-state index contributed by atoms with van der Waals surface area (Å²) in [6, 6.07) is 24.2. The Kier molecular flexibility index (Phi) is 13.8. The van der Waals surface area contributed by atoms with Crippen molar-refractivity contribution in [3.63, 3.8) is 0 Å². The van der Waals surface area contributed by atoms with Crippen LogP contribution in [-0.2, 0) is 46.2 Å². The van der Waals surface area contributed by atoms with Gasteiger partial charge in [-0.15, -0.1) is 9.35 Å². The molecule has 0 aliphatic rings. The number of alkyl halides is 3. The van der Waals surface area contributed by atoms with Crippen molar-refractivity contribution in [2.75, 3.05) is 6.67 Å². The number of hydrogen-bond acceptors (Lipinski definition) is 9. The number of pyridine rings is 1. The molecule has 0 saturated heterocycles. The van der Waals surface area contributed by atoms with E-state index in [0.717, 1.165) is 0 Å². The number of halogens is 3. The number of carboxylic acid groups (broad SMARTS) is 1. The summed E-state index contributed by atoms with van der Waals surface area (Å²) in [5.41, 5.74) is 3.01. The maximum absolute atomic E-state index is 14.4. The summed E-state index contributed by atoms with van der Waals surface area (Å²) in [6.45, 7) is -0.232. The van der Waals surface area contributed by atoms with E-state index in [-0.39, 0.29) is 18.8 Å². The molecule has 0 fully saturated rings. The van der Waals surface area contributed by atoms with Crippen molar-refractivity contribution < 1.29 is 56.1 Å². The number of amides is 2. The normalized spacial score (nSPS) is 13.4. The van der Waals surface area contributed by atoms with Gasteiger partial charge in [-0.2, -0.15) is 8.78 Å². The zero-order valence-corrected chi connectivity index (χ0v) is 26.9. The Morgan fingerprint density at radius 2 is 1.37 bits per heavy atom. The molecule has 0 saturated carbocycles. The fourth-order valence-corrected chi connectivity index (χ4v) is 5.42. The van der Waals surface area contributed by atoms with Crippen LogP contribution in [0.15, 0.2) is 103 Å². The molecule has 0 aliphatic heterocycles. The first-order chi connectivity index (χ1) is 23.6. The van der Waals surface area contributed by atoms with Crippen molar-refractivity contribution in [1.29, 1.82) is 0 Å². The van der Waals surface area contributed by atoms with E-state index >= 15 is 0 Å². The lowest BCUT2D eigenvalue weighted by atomic mass is 9.99. The topological polar surface area (TPSA) is 155 Å². The molecule has 4 aromatic rings. The minimum Gasteiger partial charge on any atom is -0.465 e. The molecule has 49 heavy (non-hydrogen) atoms. The summed E-state index contributed by atoms with van der Waals surface area (Å²) in [5, 5.41) is 13.1. The van der Waals surface area contributed by atoms with Gasteiger partial charge in [-0.05, 0) is 35.2 Å². The lowest BCUT2D eigenvalue weighted by Crippen LogP contribution is -2.44. The van der Waals surface area contributed by atoms with Crippen molar-refractivity contribution in [3.05, 3.63) is 126 Å². The number of carbonyl (C=O) groups is 2. The highest BCUT2D eigenvalue weighted by molar-refractivity contribution is 7.48.